The zero-order valence-corrected chi connectivity index (χ0v) is 11.4. The highest BCUT2D eigenvalue weighted by molar-refractivity contribution is 7.91. The lowest BCUT2D eigenvalue weighted by Crippen LogP contribution is -2.47. The maximum absolute atomic E-state index is 11.7. The molecular weight excluding hydrogens is 274 g/mol. The molecule has 1 unspecified atom stereocenters. The fourth-order valence-corrected chi connectivity index (χ4v) is 3.79. The molecule has 1 aromatic rings. The van der Waals surface area contributed by atoms with Crippen molar-refractivity contribution in [2.45, 2.75) is 19.0 Å². The van der Waals surface area contributed by atoms with E-state index in [2.05, 4.69) is 15.6 Å². The van der Waals surface area contributed by atoms with Crippen LogP contribution in [0.3, 0.4) is 0 Å². The van der Waals surface area contributed by atoms with Crippen molar-refractivity contribution < 1.29 is 13.2 Å². The predicted molar refractivity (Wildman–Crippen MR) is 69.0 cm³/mol. The van der Waals surface area contributed by atoms with Crippen LogP contribution in [0.25, 0.3) is 0 Å². The average Bonchev–Trinajstić information content (AvgIpc) is 2.77. The normalized spacial score (nSPS) is 22.6. The van der Waals surface area contributed by atoms with E-state index in [1.54, 1.807) is 11.7 Å². The number of thiazole rings is 1. The van der Waals surface area contributed by atoms with Gasteiger partial charge in [0, 0.05) is 30.1 Å². The second-order valence-corrected chi connectivity index (χ2v) is 7.41. The van der Waals surface area contributed by atoms with Crippen molar-refractivity contribution in [1.29, 1.82) is 0 Å². The lowest BCUT2D eigenvalue weighted by atomic mass is 10.2. The summed E-state index contributed by atoms with van der Waals surface area (Å²) in [6, 6.07) is -0.273. The van der Waals surface area contributed by atoms with E-state index in [9.17, 15) is 13.2 Å². The summed E-state index contributed by atoms with van der Waals surface area (Å²) in [7, 11) is -2.99. The van der Waals surface area contributed by atoms with E-state index in [-0.39, 0.29) is 29.9 Å². The van der Waals surface area contributed by atoms with Gasteiger partial charge in [0.15, 0.2) is 9.84 Å². The highest BCUT2D eigenvalue weighted by atomic mass is 32.2. The van der Waals surface area contributed by atoms with Crippen LogP contribution in [0, 0.1) is 0 Å². The number of aromatic nitrogens is 1. The van der Waals surface area contributed by atoms with Crippen LogP contribution in [0.2, 0.25) is 0 Å². The standard InChI is InChI=1S/C10H15N3O3S2/c14-10(13-5-9-4-11-7-17-9)3-8-6-18(15,16)2-1-12-8/h4,7-8,12H,1-3,5-6H2,(H,13,14). The first-order chi connectivity index (χ1) is 8.55. The molecule has 0 radical (unpaired) electrons. The molecule has 1 fully saturated rings. The fraction of sp³-hybridized carbons (Fsp3) is 0.600. The Kier molecular flexibility index (Phi) is 4.31. The van der Waals surface area contributed by atoms with Gasteiger partial charge in [-0.25, -0.2) is 8.42 Å². The minimum Gasteiger partial charge on any atom is -0.351 e. The van der Waals surface area contributed by atoms with Crippen LogP contribution in [0.1, 0.15) is 11.3 Å². The van der Waals surface area contributed by atoms with Gasteiger partial charge in [-0.05, 0) is 0 Å². The summed E-state index contributed by atoms with van der Waals surface area (Å²) in [5.41, 5.74) is 1.71. The van der Waals surface area contributed by atoms with E-state index in [0.29, 0.717) is 13.1 Å². The number of rotatable bonds is 4. The molecule has 2 rings (SSSR count). The van der Waals surface area contributed by atoms with Gasteiger partial charge >= 0.3 is 0 Å². The minimum atomic E-state index is -2.99. The van der Waals surface area contributed by atoms with E-state index < -0.39 is 9.84 Å². The Morgan fingerprint density at radius 2 is 2.44 bits per heavy atom. The summed E-state index contributed by atoms with van der Waals surface area (Å²) >= 11 is 1.47. The highest BCUT2D eigenvalue weighted by Gasteiger charge is 2.25. The highest BCUT2D eigenvalue weighted by Crippen LogP contribution is 2.07. The molecule has 2 heterocycles. The van der Waals surface area contributed by atoms with Crippen molar-refractivity contribution >= 4 is 27.1 Å². The van der Waals surface area contributed by atoms with E-state index in [4.69, 9.17) is 0 Å². The third-order valence-electron chi connectivity index (χ3n) is 2.68. The van der Waals surface area contributed by atoms with Gasteiger partial charge in [0.2, 0.25) is 5.91 Å². The summed E-state index contributed by atoms with van der Waals surface area (Å²) < 4.78 is 22.8. The third kappa shape index (κ3) is 4.04. The predicted octanol–water partition coefficient (Wildman–Crippen LogP) is -0.464. The average molecular weight is 289 g/mol. The van der Waals surface area contributed by atoms with Crippen LogP contribution in [-0.2, 0) is 21.2 Å². The maximum Gasteiger partial charge on any atom is 0.221 e. The molecule has 0 aliphatic carbocycles. The molecule has 1 aliphatic rings. The monoisotopic (exact) mass is 289 g/mol. The van der Waals surface area contributed by atoms with E-state index in [1.165, 1.54) is 11.3 Å². The van der Waals surface area contributed by atoms with Crippen molar-refractivity contribution in [3.8, 4) is 0 Å². The summed E-state index contributed by atoms with van der Waals surface area (Å²) in [6.45, 7) is 0.873. The van der Waals surface area contributed by atoms with Crippen LogP contribution in [-0.4, -0.2) is 43.4 Å². The van der Waals surface area contributed by atoms with E-state index in [1.807, 2.05) is 0 Å². The minimum absolute atomic E-state index is 0.0426. The number of hydrogen-bond acceptors (Lipinski definition) is 6. The van der Waals surface area contributed by atoms with Crippen LogP contribution < -0.4 is 10.6 Å². The molecule has 1 atom stereocenters. The number of nitrogens with zero attached hydrogens (tertiary/aromatic N) is 1. The number of nitrogens with one attached hydrogen (secondary N) is 2. The molecule has 100 valence electrons. The van der Waals surface area contributed by atoms with Crippen LogP contribution in [0.15, 0.2) is 11.7 Å². The van der Waals surface area contributed by atoms with Crippen LogP contribution in [0.4, 0.5) is 0 Å². The molecule has 0 aromatic carbocycles. The van der Waals surface area contributed by atoms with Crippen molar-refractivity contribution in [3.63, 3.8) is 0 Å². The first kappa shape index (κ1) is 13.4. The van der Waals surface area contributed by atoms with Crippen molar-refractivity contribution in [3.05, 3.63) is 16.6 Å². The SMILES string of the molecule is O=C(CC1CS(=O)(=O)CCN1)NCc1cncs1. The molecule has 0 saturated carbocycles. The first-order valence-corrected chi connectivity index (χ1v) is 8.33. The van der Waals surface area contributed by atoms with Gasteiger partial charge in [0.05, 0.1) is 23.6 Å². The quantitative estimate of drug-likeness (QED) is 0.783. The molecular formula is C10H15N3O3S2. The molecule has 6 nitrogen and oxygen atoms in total. The van der Waals surface area contributed by atoms with E-state index in [0.717, 1.165) is 4.88 Å². The van der Waals surface area contributed by atoms with Gasteiger partial charge in [-0.2, -0.15) is 0 Å². The number of carbonyl (C=O) groups excluding carboxylic acids is 1. The Balaban J connectivity index is 1.77. The van der Waals surface area contributed by atoms with Crippen molar-refractivity contribution in [1.82, 2.24) is 15.6 Å². The van der Waals surface area contributed by atoms with Gasteiger partial charge in [0.1, 0.15) is 0 Å². The molecule has 1 aliphatic heterocycles. The lowest BCUT2D eigenvalue weighted by Gasteiger charge is -2.22. The summed E-state index contributed by atoms with van der Waals surface area (Å²) in [6.07, 6.45) is 1.90. The van der Waals surface area contributed by atoms with Gasteiger partial charge in [-0.1, -0.05) is 0 Å². The second kappa shape index (κ2) is 5.77. The Morgan fingerprint density at radius 1 is 1.61 bits per heavy atom. The first-order valence-electron chi connectivity index (χ1n) is 5.63. The Bertz CT molecular complexity index is 498. The fourth-order valence-electron chi connectivity index (χ4n) is 1.81. The Morgan fingerprint density at radius 3 is 3.11 bits per heavy atom. The summed E-state index contributed by atoms with van der Waals surface area (Å²) in [5.74, 6) is 0.0606. The van der Waals surface area contributed by atoms with Crippen LogP contribution >= 0.6 is 11.3 Å². The van der Waals surface area contributed by atoms with Gasteiger partial charge in [-0.3, -0.25) is 9.78 Å². The Labute approximate surface area is 110 Å². The van der Waals surface area contributed by atoms with Crippen molar-refractivity contribution in [2.75, 3.05) is 18.1 Å². The van der Waals surface area contributed by atoms with Gasteiger partial charge in [0.25, 0.3) is 0 Å². The molecule has 0 spiro atoms. The molecule has 1 saturated heterocycles. The largest absolute Gasteiger partial charge is 0.351 e. The smallest absolute Gasteiger partial charge is 0.221 e. The van der Waals surface area contributed by atoms with E-state index >= 15 is 0 Å². The van der Waals surface area contributed by atoms with Gasteiger partial charge < -0.3 is 10.6 Å². The van der Waals surface area contributed by atoms with Gasteiger partial charge in [-0.15, -0.1) is 11.3 Å². The zero-order valence-electron chi connectivity index (χ0n) is 9.76. The number of amides is 1. The Hall–Kier alpha value is -0.990. The second-order valence-electron chi connectivity index (χ2n) is 4.21. The summed E-state index contributed by atoms with van der Waals surface area (Å²) in [5, 5.41) is 5.81. The molecule has 18 heavy (non-hydrogen) atoms. The molecule has 0 bridgehead atoms. The third-order valence-corrected chi connectivity index (χ3v) is 5.19. The lowest BCUT2D eigenvalue weighted by molar-refractivity contribution is -0.121. The molecule has 1 amide bonds. The number of hydrogen-bond donors (Lipinski definition) is 2. The zero-order chi connectivity index (χ0) is 13.0. The molecule has 2 N–H and O–H groups in total. The summed E-state index contributed by atoms with van der Waals surface area (Å²) in [4.78, 5) is 16.5. The maximum atomic E-state index is 11.7. The molecule has 1 aromatic heterocycles. The van der Waals surface area contributed by atoms with Crippen molar-refractivity contribution in [2.24, 2.45) is 0 Å². The number of sulfone groups is 1. The van der Waals surface area contributed by atoms with Crippen LogP contribution in [0.5, 0.6) is 0 Å². The molecule has 8 heteroatoms. The topological polar surface area (TPSA) is 88.2 Å². The number of carbonyl (C=O) groups is 1.